The van der Waals surface area contributed by atoms with E-state index in [9.17, 15) is 0 Å². The Kier molecular flexibility index (Phi) is 1.99. The topological polar surface area (TPSA) is 12.0 Å². The van der Waals surface area contributed by atoms with Gasteiger partial charge in [0.15, 0.2) is 0 Å². The molecule has 1 saturated heterocycles. The molecule has 0 bridgehead atoms. The Labute approximate surface area is 68.9 Å². The van der Waals surface area contributed by atoms with Crippen LogP contribution in [0.1, 0.15) is 26.2 Å². The number of nitrogens with one attached hydrogen (secondary N) is 1. The second-order valence-electron chi connectivity index (χ2n) is 3.80. The quantitative estimate of drug-likeness (QED) is 0.565. The van der Waals surface area contributed by atoms with Gasteiger partial charge in [0.2, 0.25) is 0 Å². The molecule has 1 heteroatoms. The summed E-state index contributed by atoms with van der Waals surface area (Å²) >= 11 is 0. The number of hydrogen-bond acceptors (Lipinski definition) is 1. The highest BCUT2D eigenvalue weighted by Crippen LogP contribution is 2.31. The molecular weight excluding hydrogens is 134 g/mol. The van der Waals surface area contributed by atoms with Gasteiger partial charge in [-0.15, -0.1) is 0 Å². The van der Waals surface area contributed by atoms with Gasteiger partial charge in [0.25, 0.3) is 0 Å². The van der Waals surface area contributed by atoms with Crippen molar-refractivity contribution in [2.75, 3.05) is 13.1 Å². The molecule has 0 saturated carbocycles. The molecule has 1 aliphatic carbocycles. The normalized spacial score (nSPS) is 36.6. The third-order valence-electron chi connectivity index (χ3n) is 3.13. The number of rotatable bonds is 1. The van der Waals surface area contributed by atoms with Gasteiger partial charge < -0.3 is 5.32 Å². The van der Waals surface area contributed by atoms with Gasteiger partial charge in [-0.1, -0.05) is 18.6 Å². The highest BCUT2D eigenvalue weighted by molar-refractivity contribution is 5.11. The molecule has 1 nitrogen and oxygen atoms in total. The molecule has 1 aliphatic heterocycles. The lowest BCUT2D eigenvalue weighted by Crippen LogP contribution is -2.15. The number of fused-ring (bicyclic) bond motifs is 1. The fourth-order valence-corrected chi connectivity index (χ4v) is 2.32. The van der Waals surface area contributed by atoms with Crippen LogP contribution in [0.2, 0.25) is 0 Å². The van der Waals surface area contributed by atoms with E-state index in [1.165, 1.54) is 32.4 Å². The van der Waals surface area contributed by atoms with Crippen LogP contribution in [0.15, 0.2) is 11.6 Å². The van der Waals surface area contributed by atoms with E-state index in [-0.39, 0.29) is 0 Å². The first-order valence-electron chi connectivity index (χ1n) is 4.80. The van der Waals surface area contributed by atoms with Crippen molar-refractivity contribution in [3.05, 3.63) is 11.6 Å². The largest absolute Gasteiger partial charge is 0.316 e. The van der Waals surface area contributed by atoms with Gasteiger partial charge in [-0.25, -0.2) is 0 Å². The van der Waals surface area contributed by atoms with Gasteiger partial charge >= 0.3 is 0 Å². The third-order valence-corrected chi connectivity index (χ3v) is 3.13. The molecule has 11 heavy (non-hydrogen) atoms. The van der Waals surface area contributed by atoms with E-state index in [4.69, 9.17) is 0 Å². The van der Waals surface area contributed by atoms with Gasteiger partial charge in [-0.2, -0.15) is 0 Å². The molecule has 0 amide bonds. The Morgan fingerprint density at radius 2 is 2.45 bits per heavy atom. The smallest absolute Gasteiger partial charge is 0.00175 e. The minimum atomic E-state index is 0.874. The van der Waals surface area contributed by atoms with E-state index in [1.54, 1.807) is 5.57 Å². The number of hydrogen-bond donors (Lipinski definition) is 1. The maximum atomic E-state index is 3.46. The van der Waals surface area contributed by atoms with Crippen LogP contribution in [0.25, 0.3) is 0 Å². The standard InChI is InChI=1S/C10H17N/c1-2-8-3-4-9-6-11-7-10(9)5-8/h5,9-11H,2-4,6-7H2,1H3. The van der Waals surface area contributed by atoms with Gasteiger partial charge in [0.1, 0.15) is 0 Å². The Hall–Kier alpha value is -0.300. The molecular formula is C10H17N. The van der Waals surface area contributed by atoms with Crippen LogP contribution in [-0.4, -0.2) is 13.1 Å². The summed E-state index contributed by atoms with van der Waals surface area (Å²) in [6.07, 6.45) is 6.58. The Morgan fingerprint density at radius 3 is 3.27 bits per heavy atom. The summed E-state index contributed by atoms with van der Waals surface area (Å²) in [6.45, 7) is 4.76. The van der Waals surface area contributed by atoms with Crippen molar-refractivity contribution in [1.82, 2.24) is 5.32 Å². The minimum absolute atomic E-state index is 0.874. The number of allylic oxidation sites excluding steroid dienone is 1. The summed E-state index contributed by atoms with van der Waals surface area (Å²) in [5.41, 5.74) is 1.69. The molecule has 2 unspecified atom stereocenters. The van der Waals surface area contributed by atoms with E-state index in [1.807, 2.05) is 0 Å². The van der Waals surface area contributed by atoms with Crippen LogP contribution < -0.4 is 5.32 Å². The summed E-state index contributed by atoms with van der Waals surface area (Å²) in [5.74, 6) is 1.84. The second kappa shape index (κ2) is 2.98. The van der Waals surface area contributed by atoms with Crippen LogP contribution in [0.4, 0.5) is 0 Å². The van der Waals surface area contributed by atoms with Crippen LogP contribution in [-0.2, 0) is 0 Å². The van der Waals surface area contributed by atoms with E-state index in [0.29, 0.717) is 0 Å². The predicted molar refractivity (Wildman–Crippen MR) is 47.5 cm³/mol. The molecule has 62 valence electrons. The maximum absolute atomic E-state index is 3.46. The Bertz CT molecular complexity index is 172. The maximum Gasteiger partial charge on any atom is 0.00175 e. The Morgan fingerprint density at radius 1 is 1.55 bits per heavy atom. The molecule has 0 aromatic heterocycles. The zero-order valence-electron chi connectivity index (χ0n) is 7.27. The van der Waals surface area contributed by atoms with Gasteiger partial charge in [0.05, 0.1) is 0 Å². The van der Waals surface area contributed by atoms with Gasteiger partial charge in [-0.05, 0) is 37.6 Å². The molecule has 0 radical (unpaired) electrons. The first-order chi connectivity index (χ1) is 5.40. The van der Waals surface area contributed by atoms with Crippen LogP contribution in [0.3, 0.4) is 0 Å². The van der Waals surface area contributed by atoms with Crippen molar-refractivity contribution in [2.24, 2.45) is 11.8 Å². The van der Waals surface area contributed by atoms with E-state index in [0.717, 1.165) is 11.8 Å². The zero-order chi connectivity index (χ0) is 7.68. The van der Waals surface area contributed by atoms with Crippen molar-refractivity contribution in [1.29, 1.82) is 0 Å². The fourth-order valence-electron chi connectivity index (χ4n) is 2.32. The average Bonchev–Trinajstić information content (AvgIpc) is 2.50. The zero-order valence-corrected chi connectivity index (χ0v) is 7.27. The highest BCUT2D eigenvalue weighted by atomic mass is 14.9. The SMILES string of the molecule is CCC1=CC2CNCC2CC1. The van der Waals surface area contributed by atoms with Crippen molar-refractivity contribution in [3.8, 4) is 0 Å². The summed E-state index contributed by atoms with van der Waals surface area (Å²) in [5, 5.41) is 3.46. The lowest BCUT2D eigenvalue weighted by Gasteiger charge is -2.22. The van der Waals surface area contributed by atoms with Gasteiger partial charge in [0, 0.05) is 6.54 Å². The predicted octanol–water partition coefficient (Wildman–Crippen LogP) is 1.95. The monoisotopic (exact) mass is 151 g/mol. The Balaban J connectivity index is 2.08. The van der Waals surface area contributed by atoms with Crippen molar-refractivity contribution < 1.29 is 0 Å². The highest BCUT2D eigenvalue weighted by Gasteiger charge is 2.27. The van der Waals surface area contributed by atoms with E-state index in [2.05, 4.69) is 18.3 Å². The van der Waals surface area contributed by atoms with Crippen molar-refractivity contribution >= 4 is 0 Å². The van der Waals surface area contributed by atoms with Crippen LogP contribution >= 0.6 is 0 Å². The molecule has 0 spiro atoms. The molecule has 2 rings (SSSR count). The lowest BCUT2D eigenvalue weighted by atomic mass is 9.82. The first kappa shape index (κ1) is 7.35. The molecule has 0 aromatic rings. The van der Waals surface area contributed by atoms with Crippen LogP contribution in [0.5, 0.6) is 0 Å². The van der Waals surface area contributed by atoms with Crippen LogP contribution in [0, 0.1) is 11.8 Å². The third kappa shape index (κ3) is 1.34. The van der Waals surface area contributed by atoms with Gasteiger partial charge in [-0.3, -0.25) is 0 Å². The molecule has 1 N–H and O–H groups in total. The molecule has 0 aromatic carbocycles. The minimum Gasteiger partial charge on any atom is -0.316 e. The summed E-state index contributed by atoms with van der Waals surface area (Å²) in [7, 11) is 0. The molecule has 1 fully saturated rings. The van der Waals surface area contributed by atoms with E-state index >= 15 is 0 Å². The summed E-state index contributed by atoms with van der Waals surface area (Å²) < 4.78 is 0. The summed E-state index contributed by atoms with van der Waals surface area (Å²) in [6, 6.07) is 0. The average molecular weight is 151 g/mol. The first-order valence-corrected chi connectivity index (χ1v) is 4.80. The van der Waals surface area contributed by atoms with Crippen molar-refractivity contribution in [2.45, 2.75) is 26.2 Å². The molecule has 2 atom stereocenters. The van der Waals surface area contributed by atoms with Crippen molar-refractivity contribution in [3.63, 3.8) is 0 Å². The summed E-state index contributed by atoms with van der Waals surface area (Å²) in [4.78, 5) is 0. The second-order valence-corrected chi connectivity index (χ2v) is 3.80. The molecule has 2 aliphatic rings. The molecule has 1 heterocycles. The lowest BCUT2D eigenvalue weighted by molar-refractivity contribution is 0.428. The van der Waals surface area contributed by atoms with E-state index < -0.39 is 0 Å². The fraction of sp³-hybridized carbons (Fsp3) is 0.800.